The Kier molecular flexibility index (Phi) is 37.7. The van der Waals surface area contributed by atoms with E-state index in [1.165, 1.54) is 0 Å². The second-order valence-electron chi connectivity index (χ2n) is 14.7. The van der Waals surface area contributed by atoms with Crippen molar-refractivity contribution >= 4 is 131 Å². The second-order valence-corrected chi connectivity index (χ2v) is 33.3. The zero-order chi connectivity index (χ0) is 66.6. The van der Waals surface area contributed by atoms with E-state index in [4.69, 9.17) is 116 Å². The van der Waals surface area contributed by atoms with Crippen LogP contribution in [0.15, 0.2) is 0 Å². The van der Waals surface area contributed by atoms with Gasteiger partial charge < -0.3 is 58.0 Å². The Bertz CT molecular complexity index is 2360. The molecule has 8 N–H and O–H groups in total. The zero-order valence-electron chi connectivity index (χ0n) is 45.0. The van der Waals surface area contributed by atoms with E-state index in [0.29, 0.717) is 0 Å². The summed E-state index contributed by atoms with van der Waals surface area (Å²) in [5, 5.41) is 0. The van der Waals surface area contributed by atoms with Crippen LogP contribution in [0, 0.1) is 0 Å². The molecule has 9 unspecified atom stereocenters. The van der Waals surface area contributed by atoms with Crippen molar-refractivity contribution in [3.63, 3.8) is 0 Å². The van der Waals surface area contributed by atoms with E-state index in [1.54, 1.807) is 0 Å². The molecule has 3 aliphatic rings. The fraction of sp³-hybridized carbons (Fsp3) is 1.00. The van der Waals surface area contributed by atoms with Crippen molar-refractivity contribution in [1.82, 2.24) is 0 Å². The van der Waals surface area contributed by atoms with Crippen molar-refractivity contribution < 1.29 is 235 Å². The number of rotatable bonds is 32. The molecule has 0 aromatic heterocycles. The molecule has 0 bridgehead atoms. The van der Waals surface area contributed by atoms with Crippen molar-refractivity contribution in [2.24, 2.45) is 0 Å². The predicted molar refractivity (Wildman–Crippen MR) is 281 cm³/mol. The van der Waals surface area contributed by atoms with Crippen LogP contribution in [0.2, 0.25) is 0 Å². The first-order valence-electron chi connectivity index (χ1n) is 20.8. The van der Waals surface area contributed by atoms with Gasteiger partial charge in [-0.25, -0.2) is 50.0 Å². The Labute approximate surface area is 521 Å². The fourth-order valence-corrected chi connectivity index (χ4v) is 16.4. The molecule has 1 saturated heterocycles. The summed E-state index contributed by atoms with van der Waals surface area (Å²) < 4.78 is 272. The van der Waals surface area contributed by atoms with Gasteiger partial charge in [0.2, 0.25) is 0 Å². The summed E-state index contributed by atoms with van der Waals surface area (Å²) in [6.45, 7) is 0. The summed E-state index contributed by atoms with van der Waals surface area (Å²) in [4.78, 5) is 96.8. The van der Waals surface area contributed by atoms with Crippen molar-refractivity contribution in [3.05, 3.63) is 0 Å². The Morgan fingerprint density at radius 3 is 0.709 bits per heavy atom. The minimum absolute atomic E-state index is 0. The van der Waals surface area contributed by atoms with Gasteiger partial charge in [0.15, 0.2) is 0 Å². The van der Waals surface area contributed by atoms with Crippen LogP contribution in [-0.2, 0) is 186 Å². The standard InChI is InChI=1S/C18H42O24P6.C6H16O23P6.I2.V/c1-25-43(19,26-2)37-13-14(38-44(20,27-3)28-4)16(40-46(22,31-7)32-8)18(42-48(24,35-11)36-12)17(41-47(23,33-9)34-10)15(13)39-45(21,29-5)30-6;7-30(8,9)23-1-2(24-31(10,11)12)4(26-33(16,17)18)6-5(3(1)25-32(13,14)15)27-34(19,20)29-35(21,22)28-6;1-2;/h13-18H,1-12H3;1-6H,(H,19,20)(H,21,22)(H2,7,8,9)(H2,10,11,12)(H2,13,14,15)(H2,16,17,18);;/p-2. The van der Waals surface area contributed by atoms with E-state index >= 15 is 0 Å². The number of halogens is 2. The number of phosphoric ester groups is 12. The number of phosphoric acid groups is 12. The average Bonchev–Trinajstić information content (AvgIpc) is 1.09. The Morgan fingerprint density at radius 2 is 0.523 bits per heavy atom. The molecule has 1 aliphatic heterocycles. The van der Waals surface area contributed by atoms with Crippen LogP contribution in [0.4, 0.5) is 0 Å². The van der Waals surface area contributed by atoms with Gasteiger partial charge in [-0.2, -0.15) is 0 Å². The third kappa shape index (κ3) is 27.7. The van der Waals surface area contributed by atoms with Crippen LogP contribution < -0.4 is 9.79 Å². The Hall–Kier alpha value is 3.40. The summed E-state index contributed by atoms with van der Waals surface area (Å²) in [5.41, 5.74) is 0. The van der Waals surface area contributed by atoms with Gasteiger partial charge in [-0.1, -0.05) is 0 Å². The molecule has 3 fully saturated rings. The summed E-state index contributed by atoms with van der Waals surface area (Å²) in [6.07, 6.45) is -31.3. The van der Waals surface area contributed by atoms with Crippen molar-refractivity contribution in [3.8, 4) is 0 Å². The molecule has 2 saturated carbocycles. The van der Waals surface area contributed by atoms with Gasteiger partial charge in [0.25, 0.3) is 15.6 Å². The fourth-order valence-electron chi connectivity index (χ4n) is 6.64. The SMILES string of the molecule is COP(=O)(OC)OC1C(OP(=O)(OC)OC)C(OP(=O)(OC)OC)C(OP(=O)(OC)OC)C(OP(=O)(OC)OC)C1OP(=O)(OC)OC.II.O=P([O-])(O)OC1C(OP(=O)(O)O)C(OP(=O)(O)O)C(OP(=O)(O)O)C2OP(=O)(O)OP(=O)([O-])OC12.[V]. The molecule has 2 aliphatic carbocycles. The summed E-state index contributed by atoms with van der Waals surface area (Å²) in [7, 11) is -53.9. The molecular weight excluding hydrogens is 1720 g/mol. The van der Waals surface area contributed by atoms with E-state index < -0.39 is 167 Å². The monoisotopic (exact) mass is 1770 g/mol. The van der Waals surface area contributed by atoms with E-state index in [2.05, 4.69) is 68.7 Å². The molecule has 3 rings (SSSR count). The summed E-state index contributed by atoms with van der Waals surface area (Å²) in [5.74, 6) is 0. The third-order valence-corrected chi connectivity index (χ3v) is 22.9. The molecule has 1 heterocycles. The van der Waals surface area contributed by atoms with Gasteiger partial charge in [-0.3, -0.25) is 109 Å². The quantitative estimate of drug-likeness (QED) is 0.0354. The number of hydrogen-bond acceptors (Lipinski definition) is 39. The van der Waals surface area contributed by atoms with Crippen molar-refractivity contribution in [1.29, 1.82) is 0 Å². The molecule has 1 radical (unpaired) electrons. The van der Waals surface area contributed by atoms with Crippen LogP contribution >= 0.6 is 131 Å². The molecule has 62 heteroatoms. The smallest absolute Gasteiger partial charge is 0.479 e. The van der Waals surface area contributed by atoms with E-state index in [9.17, 15) is 69.5 Å². The molecular formula is C24H56I2O47P12V-2. The largest absolute Gasteiger partial charge is 0.756 e. The molecule has 0 spiro atoms. The minimum Gasteiger partial charge on any atom is -0.756 e. The first-order chi connectivity index (χ1) is 38.6. The van der Waals surface area contributed by atoms with Crippen LogP contribution in [-0.4, -0.2) is 198 Å². The molecule has 86 heavy (non-hydrogen) atoms. The van der Waals surface area contributed by atoms with Gasteiger partial charge in [0.05, 0.1) is 0 Å². The maximum atomic E-state index is 13.5. The summed E-state index contributed by atoms with van der Waals surface area (Å²) >= 11 is 4.24. The maximum absolute atomic E-state index is 13.5. The predicted octanol–water partition coefficient (Wildman–Crippen LogP) is 3.13. The van der Waals surface area contributed by atoms with Crippen LogP contribution in [0.25, 0.3) is 0 Å². The van der Waals surface area contributed by atoms with E-state index in [1.807, 2.05) is 0 Å². The first kappa shape index (κ1) is 89.4. The van der Waals surface area contributed by atoms with Gasteiger partial charge in [-0.05, 0) is 0 Å². The van der Waals surface area contributed by atoms with Crippen molar-refractivity contribution in [2.75, 3.05) is 85.3 Å². The first-order valence-corrected chi connectivity index (χ1v) is 44.9. The Morgan fingerprint density at radius 1 is 0.349 bits per heavy atom. The molecule has 0 aromatic carbocycles. The normalized spacial score (nSPS) is 30.7. The maximum Gasteiger partial charge on any atom is 0.479 e. The molecule has 0 aromatic rings. The van der Waals surface area contributed by atoms with Crippen molar-refractivity contribution in [2.45, 2.75) is 73.2 Å². The van der Waals surface area contributed by atoms with Crippen LogP contribution in [0.5, 0.6) is 0 Å². The topological polar surface area (TPSA) is 644 Å². The number of hydrogen-bond donors (Lipinski definition) is 8. The van der Waals surface area contributed by atoms with Crippen LogP contribution in [0.1, 0.15) is 0 Å². The minimum atomic E-state index is -6.15. The van der Waals surface area contributed by atoms with Gasteiger partial charge in [0, 0.05) is 141 Å². The molecule has 0 amide bonds. The molecule has 9 atom stereocenters. The summed E-state index contributed by atoms with van der Waals surface area (Å²) in [6, 6.07) is 0. The van der Waals surface area contributed by atoms with E-state index in [-0.39, 0.29) is 18.6 Å². The van der Waals surface area contributed by atoms with Crippen LogP contribution in [0.3, 0.4) is 0 Å². The zero-order valence-corrected chi connectivity index (χ0v) is 61.4. The van der Waals surface area contributed by atoms with E-state index in [0.717, 1.165) is 85.3 Å². The molecule has 515 valence electrons. The van der Waals surface area contributed by atoms with Gasteiger partial charge in [0.1, 0.15) is 73.2 Å². The van der Waals surface area contributed by atoms with Gasteiger partial charge >= 0.3 is 78.2 Å². The average molecular weight is 1770 g/mol. The third-order valence-electron chi connectivity index (χ3n) is 9.81. The molecule has 47 nitrogen and oxygen atoms in total. The second kappa shape index (κ2) is 36.3. The number of fused-ring (bicyclic) bond motifs is 1. The Balaban J connectivity index is 0.00000168. The van der Waals surface area contributed by atoms with Gasteiger partial charge in [-0.15, -0.1) is 0 Å².